The van der Waals surface area contributed by atoms with Gasteiger partial charge in [0, 0.05) is 23.2 Å². The zero-order valence-electron chi connectivity index (χ0n) is 11.7. The van der Waals surface area contributed by atoms with E-state index in [2.05, 4.69) is 51.3 Å². The standard InChI is InChI=1S/C16H23BrN2/c1-13-12-14(2-3-15(13)17)19-10-6-16(7-11-19)4-8-18-9-5-16/h2-3,12,18H,4-11H2,1H3. The first-order chi connectivity index (χ1) is 9.19. The van der Waals surface area contributed by atoms with Crippen LogP contribution in [0.2, 0.25) is 0 Å². The normalized spacial score (nSPS) is 22.7. The number of benzene rings is 1. The van der Waals surface area contributed by atoms with E-state index in [1.807, 2.05) is 0 Å². The minimum atomic E-state index is 0.645. The summed E-state index contributed by atoms with van der Waals surface area (Å²) < 4.78 is 1.21. The third-order valence-electron chi connectivity index (χ3n) is 4.99. The Morgan fingerprint density at radius 3 is 2.42 bits per heavy atom. The molecule has 1 N–H and O–H groups in total. The van der Waals surface area contributed by atoms with E-state index in [0.717, 1.165) is 0 Å². The van der Waals surface area contributed by atoms with E-state index >= 15 is 0 Å². The molecule has 0 atom stereocenters. The zero-order chi connectivity index (χ0) is 13.3. The minimum Gasteiger partial charge on any atom is -0.371 e. The third kappa shape index (κ3) is 2.82. The van der Waals surface area contributed by atoms with Crippen molar-refractivity contribution < 1.29 is 0 Å². The summed E-state index contributed by atoms with van der Waals surface area (Å²) in [7, 11) is 0. The first kappa shape index (κ1) is 13.4. The van der Waals surface area contributed by atoms with E-state index in [1.54, 1.807) is 0 Å². The summed E-state index contributed by atoms with van der Waals surface area (Å²) in [6, 6.07) is 6.74. The molecule has 2 heterocycles. The molecule has 104 valence electrons. The smallest absolute Gasteiger partial charge is 0.0369 e. The SMILES string of the molecule is Cc1cc(N2CCC3(CCNCC3)CC2)ccc1Br. The van der Waals surface area contributed by atoms with Gasteiger partial charge in [-0.2, -0.15) is 0 Å². The second kappa shape index (κ2) is 5.45. The largest absolute Gasteiger partial charge is 0.371 e. The van der Waals surface area contributed by atoms with Crippen molar-refractivity contribution in [2.24, 2.45) is 5.41 Å². The third-order valence-corrected chi connectivity index (χ3v) is 5.88. The maximum Gasteiger partial charge on any atom is 0.0369 e. The number of anilines is 1. The molecule has 0 saturated carbocycles. The van der Waals surface area contributed by atoms with E-state index in [9.17, 15) is 0 Å². The number of rotatable bonds is 1. The number of piperidine rings is 2. The van der Waals surface area contributed by atoms with Gasteiger partial charge in [0.1, 0.15) is 0 Å². The van der Waals surface area contributed by atoms with Crippen LogP contribution in [0.4, 0.5) is 5.69 Å². The molecule has 1 aromatic carbocycles. The highest BCUT2D eigenvalue weighted by molar-refractivity contribution is 9.10. The Kier molecular flexibility index (Phi) is 3.86. The van der Waals surface area contributed by atoms with Crippen LogP contribution in [-0.2, 0) is 0 Å². The van der Waals surface area contributed by atoms with Gasteiger partial charge in [-0.1, -0.05) is 15.9 Å². The number of hydrogen-bond acceptors (Lipinski definition) is 2. The van der Waals surface area contributed by atoms with Gasteiger partial charge in [0.25, 0.3) is 0 Å². The van der Waals surface area contributed by atoms with Crippen LogP contribution in [0.25, 0.3) is 0 Å². The van der Waals surface area contributed by atoms with Crippen LogP contribution in [0.5, 0.6) is 0 Å². The molecule has 3 rings (SSSR count). The lowest BCUT2D eigenvalue weighted by Crippen LogP contribution is -2.45. The fourth-order valence-corrected chi connectivity index (χ4v) is 3.77. The number of halogens is 1. The molecule has 2 aliphatic heterocycles. The van der Waals surface area contributed by atoms with Crippen molar-refractivity contribution in [2.45, 2.75) is 32.6 Å². The Bertz CT molecular complexity index is 442. The lowest BCUT2D eigenvalue weighted by atomic mass is 9.71. The highest BCUT2D eigenvalue weighted by Gasteiger charge is 2.35. The van der Waals surface area contributed by atoms with Crippen molar-refractivity contribution in [3.05, 3.63) is 28.2 Å². The molecule has 0 aliphatic carbocycles. The van der Waals surface area contributed by atoms with E-state index < -0.39 is 0 Å². The van der Waals surface area contributed by atoms with Gasteiger partial charge in [-0.05, 0) is 74.9 Å². The maximum absolute atomic E-state index is 3.59. The van der Waals surface area contributed by atoms with Crippen molar-refractivity contribution >= 4 is 21.6 Å². The molecule has 1 spiro atoms. The lowest BCUT2D eigenvalue weighted by molar-refractivity contribution is 0.155. The summed E-state index contributed by atoms with van der Waals surface area (Å²) in [5.41, 5.74) is 3.37. The Morgan fingerprint density at radius 2 is 1.79 bits per heavy atom. The fraction of sp³-hybridized carbons (Fsp3) is 0.625. The molecule has 0 radical (unpaired) electrons. The van der Waals surface area contributed by atoms with Gasteiger partial charge in [-0.25, -0.2) is 0 Å². The van der Waals surface area contributed by atoms with Gasteiger partial charge in [0.15, 0.2) is 0 Å². The van der Waals surface area contributed by atoms with Crippen molar-refractivity contribution in [3.8, 4) is 0 Å². The van der Waals surface area contributed by atoms with Crippen LogP contribution < -0.4 is 10.2 Å². The molecular weight excluding hydrogens is 300 g/mol. The van der Waals surface area contributed by atoms with E-state index in [1.165, 1.54) is 67.6 Å². The van der Waals surface area contributed by atoms with Crippen LogP contribution >= 0.6 is 15.9 Å². The lowest BCUT2D eigenvalue weighted by Gasteiger charge is -2.45. The fourth-order valence-electron chi connectivity index (χ4n) is 3.52. The van der Waals surface area contributed by atoms with E-state index in [4.69, 9.17) is 0 Å². The summed E-state index contributed by atoms with van der Waals surface area (Å²) >= 11 is 3.59. The summed E-state index contributed by atoms with van der Waals surface area (Å²) in [5.74, 6) is 0. The number of hydrogen-bond donors (Lipinski definition) is 1. The number of nitrogens with one attached hydrogen (secondary N) is 1. The second-order valence-corrected chi connectivity index (χ2v) is 7.02. The number of aryl methyl sites for hydroxylation is 1. The number of nitrogens with zero attached hydrogens (tertiary/aromatic N) is 1. The van der Waals surface area contributed by atoms with Crippen molar-refractivity contribution in [1.29, 1.82) is 0 Å². The van der Waals surface area contributed by atoms with Crippen LogP contribution in [0.1, 0.15) is 31.2 Å². The average molecular weight is 323 g/mol. The minimum absolute atomic E-state index is 0.645. The average Bonchev–Trinajstić information content (AvgIpc) is 2.44. The van der Waals surface area contributed by atoms with E-state index in [-0.39, 0.29) is 0 Å². The van der Waals surface area contributed by atoms with Crippen molar-refractivity contribution in [3.63, 3.8) is 0 Å². The van der Waals surface area contributed by atoms with Gasteiger partial charge in [-0.15, -0.1) is 0 Å². The zero-order valence-corrected chi connectivity index (χ0v) is 13.3. The topological polar surface area (TPSA) is 15.3 Å². The molecule has 2 aliphatic rings. The molecule has 0 unspecified atom stereocenters. The second-order valence-electron chi connectivity index (χ2n) is 6.17. The highest BCUT2D eigenvalue weighted by Crippen LogP contribution is 2.40. The quantitative estimate of drug-likeness (QED) is 0.847. The molecule has 19 heavy (non-hydrogen) atoms. The van der Waals surface area contributed by atoms with Gasteiger partial charge in [0.05, 0.1) is 0 Å². The molecule has 2 nitrogen and oxygen atoms in total. The summed E-state index contributed by atoms with van der Waals surface area (Å²) in [5, 5.41) is 3.49. The summed E-state index contributed by atoms with van der Waals surface area (Å²) in [6.07, 6.45) is 5.48. The molecular formula is C16H23BrN2. The van der Waals surface area contributed by atoms with Crippen LogP contribution in [-0.4, -0.2) is 26.2 Å². The van der Waals surface area contributed by atoms with Gasteiger partial charge < -0.3 is 10.2 Å². The van der Waals surface area contributed by atoms with Crippen molar-refractivity contribution in [1.82, 2.24) is 5.32 Å². The molecule has 2 fully saturated rings. The Hall–Kier alpha value is -0.540. The Morgan fingerprint density at radius 1 is 1.11 bits per heavy atom. The first-order valence-corrected chi connectivity index (χ1v) is 8.20. The molecule has 0 amide bonds. The maximum atomic E-state index is 3.59. The molecule has 2 saturated heterocycles. The molecule has 3 heteroatoms. The van der Waals surface area contributed by atoms with E-state index in [0.29, 0.717) is 5.41 Å². The van der Waals surface area contributed by atoms with Gasteiger partial charge >= 0.3 is 0 Å². The molecule has 0 aromatic heterocycles. The highest BCUT2D eigenvalue weighted by atomic mass is 79.9. The van der Waals surface area contributed by atoms with Crippen LogP contribution in [0.3, 0.4) is 0 Å². The Balaban J connectivity index is 1.67. The predicted molar refractivity (Wildman–Crippen MR) is 84.9 cm³/mol. The predicted octanol–water partition coefficient (Wildman–Crippen LogP) is 3.73. The Labute approximate surface area is 124 Å². The van der Waals surface area contributed by atoms with Crippen LogP contribution in [0, 0.1) is 12.3 Å². The summed E-state index contributed by atoms with van der Waals surface area (Å²) in [6.45, 7) is 7.06. The summed E-state index contributed by atoms with van der Waals surface area (Å²) in [4.78, 5) is 2.56. The van der Waals surface area contributed by atoms with Crippen molar-refractivity contribution in [2.75, 3.05) is 31.1 Å². The molecule has 0 bridgehead atoms. The van der Waals surface area contributed by atoms with Gasteiger partial charge in [0.2, 0.25) is 0 Å². The monoisotopic (exact) mass is 322 g/mol. The van der Waals surface area contributed by atoms with Crippen LogP contribution in [0.15, 0.2) is 22.7 Å². The van der Waals surface area contributed by atoms with Gasteiger partial charge in [-0.3, -0.25) is 0 Å². The first-order valence-electron chi connectivity index (χ1n) is 7.40. The molecule has 1 aromatic rings.